The van der Waals surface area contributed by atoms with Crippen molar-refractivity contribution >= 4 is 5.91 Å². The Bertz CT molecular complexity index is 569. The first-order valence-electron chi connectivity index (χ1n) is 8.94. The quantitative estimate of drug-likeness (QED) is 0.890. The number of hydrogen-bond donors (Lipinski definition) is 2. The number of phenolic OH excluding ortho intramolecular Hbond substituents is 1. The summed E-state index contributed by atoms with van der Waals surface area (Å²) in [7, 11) is 1.69. The average molecular weight is 332 g/mol. The van der Waals surface area contributed by atoms with Gasteiger partial charge in [-0.3, -0.25) is 4.79 Å². The Hall–Kier alpha value is -1.59. The molecule has 1 aromatic rings. The van der Waals surface area contributed by atoms with Crippen LogP contribution in [0.4, 0.5) is 0 Å². The van der Waals surface area contributed by atoms with Gasteiger partial charge in [0.2, 0.25) is 5.91 Å². The number of benzene rings is 1. The van der Waals surface area contributed by atoms with Crippen molar-refractivity contribution < 1.29 is 14.6 Å². The summed E-state index contributed by atoms with van der Waals surface area (Å²) < 4.78 is 5.38. The van der Waals surface area contributed by atoms with E-state index >= 15 is 0 Å². The van der Waals surface area contributed by atoms with E-state index in [0.29, 0.717) is 11.7 Å². The molecule has 1 heterocycles. The minimum absolute atomic E-state index is 0.0393. The number of aromatic hydroxyl groups is 1. The Kier molecular flexibility index (Phi) is 5.41. The van der Waals surface area contributed by atoms with Gasteiger partial charge in [0.1, 0.15) is 5.75 Å². The number of nitrogens with two attached hydrogens (primary N) is 1. The lowest BCUT2D eigenvalue weighted by molar-refractivity contribution is -0.138. The second-order valence-electron chi connectivity index (χ2n) is 7.14. The molecule has 0 aromatic heterocycles. The summed E-state index contributed by atoms with van der Waals surface area (Å²) >= 11 is 0. The van der Waals surface area contributed by atoms with Gasteiger partial charge >= 0.3 is 0 Å². The predicted octanol–water partition coefficient (Wildman–Crippen LogP) is 2.24. The number of methoxy groups -OCH3 is 1. The van der Waals surface area contributed by atoms with E-state index in [2.05, 4.69) is 6.07 Å². The molecule has 0 spiro atoms. The van der Waals surface area contributed by atoms with Crippen LogP contribution in [0.1, 0.15) is 43.6 Å². The maximum absolute atomic E-state index is 12.8. The summed E-state index contributed by atoms with van der Waals surface area (Å²) in [6.07, 6.45) is 4.46. The van der Waals surface area contributed by atoms with Crippen LogP contribution >= 0.6 is 0 Å². The lowest BCUT2D eigenvalue weighted by Crippen LogP contribution is -2.48. The Balaban J connectivity index is 1.54. The van der Waals surface area contributed by atoms with Gasteiger partial charge in [-0.25, -0.2) is 0 Å². The molecule has 3 atom stereocenters. The average Bonchev–Trinajstić information content (AvgIpc) is 2.61. The minimum Gasteiger partial charge on any atom is -0.508 e. The van der Waals surface area contributed by atoms with Gasteiger partial charge in [0.15, 0.2) is 0 Å². The number of ether oxygens (including phenoxy) is 1. The molecule has 5 nitrogen and oxygen atoms in total. The highest BCUT2D eigenvalue weighted by Gasteiger charge is 2.35. The van der Waals surface area contributed by atoms with Crippen molar-refractivity contribution in [2.24, 2.45) is 11.7 Å². The summed E-state index contributed by atoms with van der Waals surface area (Å²) in [5.41, 5.74) is 7.31. The Morgan fingerprint density at radius 1 is 1.25 bits per heavy atom. The van der Waals surface area contributed by atoms with E-state index < -0.39 is 0 Å². The lowest BCUT2D eigenvalue weighted by Gasteiger charge is -2.38. The van der Waals surface area contributed by atoms with Gasteiger partial charge in [0.05, 0.1) is 6.10 Å². The fourth-order valence-corrected chi connectivity index (χ4v) is 4.16. The molecule has 1 saturated heterocycles. The fourth-order valence-electron chi connectivity index (χ4n) is 4.16. The monoisotopic (exact) mass is 332 g/mol. The zero-order valence-corrected chi connectivity index (χ0v) is 14.4. The number of amides is 1. The van der Waals surface area contributed by atoms with Crippen LogP contribution in [0.15, 0.2) is 24.3 Å². The van der Waals surface area contributed by atoms with Crippen molar-refractivity contribution in [3.05, 3.63) is 29.8 Å². The fraction of sp³-hybridized carbons (Fsp3) is 0.632. The van der Waals surface area contributed by atoms with Gasteiger partial charge in [0, 0.05) is 32.2 Å². The van der Waals surface area contributed by atoms with Gasteiger partial charge in [-0.1, -0.05) is 12.1 Å². The molecule has 1 amide bonds. The van der Waals surface area contributed by atoms with E-state index in [0.717, 1.165) is 45.2 Å². The molecule has 1 aromatic carbocycles. The van der Waals surface area contributed by atoms with Crippen molar-refractivity contribution in [1.29, 1.82) is 0 Å². The zero-order chi connectivity index (χ0) is 17.1. The van der Waals surface area contributed by atoms with E-state index in [9.17, 15) is 9.90 Å². The van der Waals surface area contributed by atoms with Gasteiger partial charge in [0.25, 0.3) is 0 Å². The van der Waals surface area contributed by atoms with Crippen molar-refractivity contribution in [3.8, 4) is 5.75 Å². The highest BCUT2D eigenvalue weighted by atomic mass is 16.5. The molecule has 1 saturated carbocycles. The SMILES string of the molecule is CO[C@@H]1CC[C@H](C(=O)N2CCC(c3cccc(O)c3)CC2)C[C@H]1N. The summed E-state index contributed by atoms with van der Waals surface area (Å²) in [6, 6.07) is 7.45. The van der Waals surface area contributed by atoms with Crippen LogP contribution in [0.5, 0.6) is 5.75 Å². The number of carbonyl (C=O) groups is 1. The van der Waals surface area contributed by atoms with Crippen LogP contribution in [0.3, 0.4) is 0 Å². The molecule has 5 heteroatoms. The molecular weight excluding hydrogens is 304 g/mol. The first-order valence-corrected chi connectivity index (χ1v) is 8.94. The van der Waals surface area contributed by atoms with E-state index in [1.165, 1.54) is 5.56 Å². The molecule has 0 bridgehead atoms. The van der Waals surface area contributed by atoms with E-state index in [1.54, 1.807) is 13.2 Å². The first kappa shape index (κ1) is 17.2. The smallest absolute Gasteiger partial charge is 0.225 e. The molecule has 2 aliphatic rings. The molecule has 1 aliphatic carbocycles. The van der Waals surface area contributed by atoms with Gasteiger partial charge < -0.3 is 20.5 Å². The Morgan fingerprint density at radius 3 is 2.62 bits per heavy atom. The van der Waals surface area contributed by atoms with Crippen molar-refractivity contribution in [2.75, 3.05) is 20.2 Å². The third-order valence-corrected chi connectivity index (χ3v) is 5.63. The van der Waals surface area contributed by atoms with Gasteiger partial charge in [-0.15, -0.1) is 0 Å². The zero-order valence-electron chi connectivity index (χ0n) is 14.4. The molecule has 3 N–H and O–H groups in total. The second-order valence-corrected chi connectivity index (χ2v) is 7.14. The Morgan fingerprint density at radius 2 is 2.00 bits per heavy atom. The molecule has 3 rings (SSSR count). The third kappa shape index (κ3) is 3.73. The molecule has 0 radical (unpaired) electrons. The topological polar surface area (TPSA) is 75.8 Å². The summed E-state index contributed by atoms with van der Waals surface area (Å²) in [6.45, 7) is 1.58. The highest BCUT2D eigenvalue weighted by Crippen LogP contribution is 2.32. The number of nitrogens with zero attached hydrogens (tertiary/aromatic N) is 1. The van der Waals surface area contributed by atoms with Crippen molar-refractivity contribution in [1.82, 2.24) is 4.90 Å². The van der Waals surface area contributed by atoms with E-state index in [-0.39, 0.29) is 24.0 Å². The molecule has 0 unspecified atom stereocenters. The number of carbonyl (C=O) groups excluding carboxylic acids is 1. The van der Waals surface area contributed by atoms with Gasteiger partial charge in [-0.2, -0.15) is 0 Å². The highest BCUT2D eigenvalue weighted by molar-refractivity contribution is 5.79. The van der Waals surface area contributed by atoms with Crippen LogP contribution in [-0.4, -0.2) is 48.3 Å². The molecule has 24 heavy (non-hydrogen) atoms. The number of likely N-dealkylation sites (tertiary alicyclic amines) is 1. The van der Waals surface area contributed by atoms with Crippen LogP contribution in [0.25, 0.3) is 0 Å². The number of rotatable bonds is 3. The molecule has 132 valence electrons. The maximum atomic E-state index is 12.8. The molecular formula is C19H28N2O3. The number of hydrogen-bond acceptors (Lipinski definition) is 4. The lowest BCUT2D eigenvalue weighted by atomic mass is 9.82. The van der Waals surface area contributed by atoms with E-state index in [1.807, 2.05) is 17.0 Å². The van der Waals surface area contributed by atoms with Crippen molar-refractivity contribution in [2.45, 2.75) is 50.2 Å². The van der Waals surface area contributed by atoms with Crippen LogP contribution < -0.4 is 5.73 Å². The Labute approximate surface area is 143 Å². The molecule has 1 aliphatic heterocycles. The predicted molar refractivity (Wildman–Crippen MR) is 92.8 cm³/mol. The standard InChI is InChI=1S/C19H28N2O3/c1-24-18-6-5-15(12-17(18)20)19(23)21-9-7-13(8-10-21)14-3-2-4-16(22)11-14/h2-4,11,13,15,17-18,22H,5-10,12,20H2,1H3/t15-,17+,18+/m0/s1. The number of piperidine rings is 1. The second kappa shape index (κ2) is 7.53. The van der Waals surface area contributed by atoms with E-state index in [4.69, 9.17) is 10.5 Å². The van der Waals surface area contributed by atoms with Crippen LogP contribution in [-0.2, 0) is 9.53 Å². The first-order chi connectivity index (χ1) is 11.6. The summed E-state index contributed by atoms with van der Waals surface area (Å²) in [5, 5.41) is 9.63. The minimum atomic E-state index is -0.0393. The van der Waals surface area contributed by atoms with Crippen LogP contribution in [0.2, 0.25) is 0 Å². The third-order valence-electron chi connectivity index (χ3n) is 5.63. The largest absolute Gasteiger partial charge is 0.508 e. The maximum Gasteiger partial charge on any atom is 0.225 e. The summed E-state index contributed by atoms with van der Waals surface area (Å²) in [4.78, 5) is 14.8. The summed E-state index contributed by atoms with van der Waals surface area (Å²) in [5.74, 6) is 1.04. The number of phenols is 1. The van der Waals surface area contributed by atoms with Gasteiger partial charge in [-0.05, 0) is 55.7 Å². The van der Waals surface area contributed by atoms with Crippen LogP contribution in [0, 0.1) is 5.92 Å². The normalized spacial score (nSPS) is 28.8. The van der Waals surface area contributed by atoms with Crippen molar-refractivity contribution in [3.63, 3.8) is 0 Å². The molecule has 2 fully saturated rings.